The van der Waals surface area contributed by atoms with Crippen molar-refractivity contribution in [2.24, 2.45) is 5.92 Å². The molecule has 0 bridgehead atoms. The first kappa shape index (κ1) is 21.8. The first-order valence-corrected chi connectivity index (χ1v) is 8.98. The van der Waals surface area contributed by atoms with Gasteiger partial charge in [0, 0.05) is 18.8 Å². The van der Waals surface area contributed by atoms with Crippen LogP contribution in [-0.4, -0.2) is 48.7 Å². The number of nitrogens with one attached hydrogen (secondary N) is 2. The summed E-state index contributed by atoms with van der Waals surface area (Å²) in [5.41, 5.74) is -2.68. The summed E-state index contributed by atoms with van der Waals surface area (Å²) in [7, 11) is 0. The number of urea groups is 1. The summed E-state index contributed by atoms with van der Waals surface area (Å²) in [6, 6.07) is 3.75. The summed E-state index contributed by atoms with van der Waals surface area (Å²) in [5.74, 6) is -3.39. The van der Waals surface area contributed by atoms with Crippen molar-refractivity contribution in [1.82, 2.24) is 10.6 Å². The number of alkyl halides is 3. The van der Waals surface area contributed by atoms with E-state index in [-0.39, 0.29) is 12.2 Å². The Balaban J connectivity index is 2.49. The maximum atomic E-state index is 13.6. The minimum absolute atomic E-state index is 0.176. The lowest BCUT2D eigenvalue weighted by atomic mass is 9.82. The normalized spacial score (nSPS) is 24.9. The van der Waals surface area contributed by atoms with Gasteiger partial charge in [0.2, 0.25) is 0 Å². The second-order valence-electron chi connectivity index (χ2n) is 6.33. The van der Waals surface area contributed by atoms with Gasteiger partial charge in [-0.1, -0.05) is 12.1 Å². The number of hydrogen-bond donors (Lipinski definition) is 3. The average molecular weight is 403 g/mol. The molecule has 2 rings (SSSR count). The standard InChI is InChI=1S/C18H24F3N3O4/c1-4-24(5-2)12-9-7-11(8-10-12)14-13(15(25)28-6-3)17(27,18(19,20)21)23-16(26)22-14/h7-10,13-14,27H,4-6H2,1-3H3,(H2,22,23,26)/t13-,14+,17-/m0/s1. The van der Waals surface area contributed by atoms with E-state index in [1.807, 2.05) is 18.7 Å². The fourth-order valence-corrected chi connectivity index (χ4v) is 3.30. The van der Waals surface area contributed by atoms with Crippen LogP contribution < -0.4 is 15.5 Å². The van der Waals surface area contributed by atoms with Gasteiger partial charge in [-0.05, 0) is 38.5 Å². The predicted molar refractivity (Wildman–Crippen MR) is 95.5 cm³/mol. The molecule has 2 amide bonds. The second kappa shape index (κ2) is 8.26. The Morgan fingerprint density at radius 2 is 1.79 bits per heavy atom. The largest absolute Gasteiger partial charge is 0.466 e. The molecule has 0 unspecified atom stereocenters. The number of hydrogen-bond acceptors (Lipinski definition) is 5. The number of anilines is 1. The number of ether oxygens (including phenoxy) is 1. The zero-order valence-electron chi connectivity index (χ0n) is 15.8. The zero-order chi connectivity index (χ0) is 21.1. The molecular formula is C18H24F3N3O4. The van der Waals surface area contributed by atoms with Gasteiger partial charge < -0.3 is 25.4 Å². The number of rotatable bonds is 6. The number of aliphatic hydroxyl groups is 1. The van der Waals surface area contributed by atoms with Gasteiger partial charge in [0.25, 0.3) is 5.72 Å². The fourth-order valence-electron chi connectivity index (χ4n) is 3.30. The first-order chi connectivity index (χ1) is 13.1. The zero-order valence-corrected chi connectivity index (χ0v) is 15.8. The molecule has 0 radical (unpaired) electrons. The van der Waals surface area contributed by atoms with Crippen LogP contribution in [0, 0.1) is 5.92 Å². The molecule has 3 atom stereocenters. The van der Waals surface area contributed by atoms with E-state index >= 15 is 0 Å². The number of carbonyl (C=O) groups is 2. The topological polar surface area (TPSA) is 90.9 Å². The van der Waals surface area contributed by atoms with E-state index in [1.54, 1.807) is 12.1 Å². The highest BCUT2D eigenvalue weighted by atomic mass is 19.4. The Bertz CT molecular complexity index is 707. The van der Waals surface area contributed by atoms with Gasteiger partial charge in [0.15, 0.2) is 0 Å². The van der Waals surface area contributed by atoms with Crippen LogP contribution in [0.3, 0.4) is 0 Å². The van der Waals surface area contributed by atoms with Crippen molar-refractivity contribution in [3.05, 3.63) is 29.8 Å². The third-order valence-corrected chi connectivity index (χ3v) is 4.73. The van der Waals surface area contributed by atoms with E-state index in [1.165, 1.54) is 24.4 Å². The molecular weight excluding hydrogens is 379 g/mol. The Kier molecular flexibility index (Phi) is 6.43. The molecule has 0 aliphatic carbocycles. The number of nitrogens with zero attached hydrogens (tertiary/aromatic N) is 1. The number of benzene rings is 1. The third-order valence-electron chi connectivity index (χ3n) is 4.73. The summed E-state index contributed by atoms with van der Waals surface area (Å²) in [5, 5.41) is 14.0. The lowest BCUT2D eigenvalue weighted by Crippen LogP contribution is -2.73. The molecule has 7 nitrogen and oxygen atoms in total. The number of esters is 1. The van der Waals surface area contributed by atoms with Crippen molar-refractivity contribution in [3.63, 3.8) is 0 Å². The second-order valence-corrected chi connectivity index (χ2v) is 6.33. The molecule has 156 valence electrons. The van der Waals surface area contributed by atoms with Gasteiger partial charge in [-0.15, -0.1) is 0 Å². The maximum absolute atomic E-state index is 13.6. The average Bonchev–Trinajstić information content (AvgIpc) is 2.62. The minimum atomic E-state index is -5.29. The highest BCUT2D eigenvalue weighted by Crippen LogP contribution is 2.43. The first-order valence-electron chi connectivity index (χ1n) is 8.98. The summed E-state index contributed by atoms with van der Waals surface area (Å²) < 4.78 is 45.5. The molecule has 1 saturated heterocycles. The van der Waals surface area contributed by atoms with Crippen LogP contribution in [-0.2, 0) is 9.53 Å². The Morgan fingerprint density at radius 1 is 1.21 bits per heavy atom. The van der Waals surface area contributed by atoms with Crippen molar-refractivity contribution in [2.75, 3.05) is 24.6 Å². The molecule has 1 fully saturated rings. The van der Waals surface area contributed by atoms with Crippen molar-refractivity contribution < 1.29 is 32.6 Å². The lowest BCUT2D eigenvalue weighted by molar-refractivity contribution is -0.294. The van der Waals surface area contributed by atoms with E-state index in [0.717, 1.165) is 18.8 Å². The van der Waals surface area contributed by atoms with Crippen LogP contribution >= 0.6 is 0 Å². The van der Waals surface area contributed by atoms with E-state index in [9.17, 15) is 27.9 Å². The molecule has 1 heterocycles. The number of halogens is 3. The lowest BCUT2D eigenvalue weighted by Gasteiger charge is -2.44. The van der Waals surface area contributed by atoms with Gasteiger partial charge in [0.1, 0.15) is 5.92 Å². The smallest absolute Gasteiger partial charge is 0.437 e. The van der Waals surface area contributed by atoms with Gasteiger partial charge >= 0.3 is 18.2 Å². The fraction of sp³-hybridized carbons (Fsp3) is 0.556. The maximum Gasteiger partial charge on any atom is 0.437 e. The van der Waals surface area contributed by atoms with E-state index < -0.39 is 35.9 Å². The molecule has 1 aliphatic rings. The molecule has 28 heavy (non-hydrogen) atoms. The van der Waals surface area contributed by atoms with Gasteiger partial charge in [-0.25, -0.2) is 4.79 Å². The Labute approximate surface area is 160 Å². The molecule has 0 aromatic heterocycles. The predicted octanol–water partition coefficient (Wildman–Crippen LogP) is 2.32. The van der Waals surface area contributed by atoms with Crippen molar-refractivity contribution in [3.8, 4) is 0 Å². The summed E-state index contributed by atoms with van der Waals surface area (Å²) >= 11 is 0. The molecule has 1 aromatic rings. The molecule has 1 aromatic carbocycles. The van der Waals surface area contributed by atoms with Crippen LogP contribution in [0.15, 0.2) is 24.3 Å². The van der Waals surface area contributed by atoms with Crippen molar-refractivity contribution >= 4 is 17.7 Å². The highest BCUT2D eigenvalue weighted by Gasteiger charge is 2.67. The van der Waals surface area contributed by atoms with Crippen LogP contribution in [0.2, 0.25) is 0 Å². The van der Waals surface area contributed by atoms with Gasteiger partial charge in [0.05, 0.1) is 12.6 Å². The van der Waals surface area contributed by atoms with Crippen LogP contribution in [0.25, 0.3) is 0 Å². The molecule has 0 spiro atoms. The van der Waals surface area contributed by atoms with E-state index in [4.69, 9.17) is 4.74 Å². The molecule has 3 N–H and O–H groups in total. The summed E-state index contributed by atoms with van der Waals surface area (Å²) in [6.45, 7) is 6.66. The van der Waals surface area contributed by atoms with Gasteiger partial charge in [-0.3, -0.25) is 4.79 Å². The number of carbonyl (C=O) groups excluding carboxylic acids is 2. The van der Waals surface area contributed by atoms with Crippen LogP contribution in [0.1, 0.15) is 32.4 Å². The monoisotopic (exact) mass is 403 g/mol. The van der Waals surface area contributed by atoms with E-state index in [2.05, 4.69) is 5.32 Å². The minimum Gasteiger partial charge on any atom is -0.466 e. The van der Waals surface area contributed by atoms with Crippen LogP contribution in [0.4, 0.5) is 23.7 Å². The Morgan fingerprint density at radius 3 is 2.25 bits per heavy atom. The van der Waals surface area contributed by atoms with E-state index in [0.29, 0.717) is 0 Å². The Hall–Kier alpha value is -2.49. The summed E-state index contributed by atoms with van der Waals surface area (Å²) in [6.07, 6.45) is -5.29. The van der Waals surface area contributed by atoms with Crippen molar-refractivity contribution in [1.29, 1.82) is 0 Å². The molecule has 1 aliphatic heterocycles. The molecule has 10 heteroatoms. The van der Waals surface area contributed by atoms with Crippen LogP contribution in [0.5, 0.6) is 0 Å². The van der Waals surface area contributed by atoms with Crippen molar-refractivity contribution in [2.45, 2.75) is 38.7 Å². The molecule has 0 saturated carbocycles. The number of amides is 2. The van der Waals surface area contributed by atoms with Gasteiger partial charge in [-0.2, -0.15) is 13.2 Å². The third kappa shape index (κ3) is 4.01. The highest BCUT2D eigenvalue weighted by molar-refractivity contribution is 5.83. The quantitative estimate of drug-likeness (QED) is 0.635. The summed E-state index contributed by atoms with van der Waals surface area (Å²) in [4.78, 5) is 26.2. The SMILES string of the molecule is CCOC(=O)[C@@H]1[C@@H](c2ccc(N(CC)CC)cc2)NC(=O)N[C@@]1(O)C(F)(F)F.